The van der Waals surface area contributed by atoms with E-state index < -0.39 is 5.97 Å². The molecule has 0 unspecified atom stereocenters. The van der Waals surface area contributed by atoms with E-state index in [1.165, 1.54) is 6.20 Å². The fourth-order valence-corrected chi connectivity index (χ4v) is 2.04. The zero-order valence-corrected chi connectivity index (χ0v) is 10.7. The number of nitrogens with zero attached hydrogens (tertiary/aromatic N) is 3. The number of hydrogen-bond donors (Lipinski definition) is 1. The van der Waals surface area contributed by atoms with Crippen LogP contribution in [0, 0.1) is 0 Å². The maximum absolute atomic E-state index is 10.7. The standard InChI is InChI=1S/C13H19N3O2/c1-15-6-8-16(9-7-15)5-4-12-3-2-11(10-14-12)13(17)18/h2-3,10H,4-9H2,1H3,(H,17,18). The lowest BCUT2D eigenvalue weighted by atomic mass is 10.2. The molecule has 1 N–H and O–H groups in total. The Hall–Kier alpha value is -1.46. The Morgan fingerprint density at radius 3 is 2.61 bits per heavy atom. The fourth-order valence-electron chi connectivity index (χ4n) is 2.04. The molecule has 0 aromatic carbocycles. The first-order valence-corrected chi connectivity index (χ1v) is 6.24. The van der Waals surface area contributed by atoms with Crippen LogP contribution in [-0.2, 0) is 6.42 Å². The number of hydrogen-bond acceptors (Lipinski definition) is 4. The number of piperazine rings is 1. The van der Waals surface area contributed by atoms with Crippen LogP contribution < -0.4 is 0 Å². The molecule has 0 amide bonds. The van der Waals surface area contributed by atoms with Crippen LogP contribution in [0.1, 0.15) is 16.1 Å². The Kier molecular flexibility index (Phi) is 4.28. The van der Waals surface area contributed by atoms with Gasteiger partial charge in [-0.05, 0) is 19.2 Å². The van der Waals surface area contributed by atoms with Crippen LogP contribution >= 0.6 is 0 Å². The minimum absolute atomic E-state index is 0.248. The maximum Gasteiger partial charge on any atom is 0.337 e. The van der Waals surface area contributed by atoms with Crippen LogP contribution in [0.4, 0.5) is 0 Å². The summed E-state index contributed by atoms with van der Waals surface area (Å²) < 4.78 is 0. The van der Waals surface area contributed by atoms with Gasteiger partial charge in [-0.15, -0.1) is 0 Å². The highest BCUT2D eigenvalue weighted by atomic mass is 16.4. The maximum atomic E-state index is 10.7. The first kappa shape index (κ1) is 13.0. The number of carbonyl (C=O) groups is 1. The molecule has 2 rings (SSSR count). The first-order valence-electron chi connectivity index (χ1n) is 6.24. The molecule has 0 saturated carbocycles. The van der Waals surface area contributed by atoms with Crippen LogP contribution in [-0.4, -0.2) is 65.6 Å². The molecule has 1 aromatic rings. The molecule has 2 heterocycles. The number of aromatic carboxylic acids is 1. The molecule has 18 heavy (non-hydrogen) atoms. The summed E-state index contributed by atoms with van der Waals surface area (Å²) in [5, 5.41) is 8.78. The van der Waals surface area contributed by atoms with E-state index in [9.17, 15) is 4.79 Å². The van der Waals surface area contributed by atoms with E-state index in [2.05, 4.69) is 21.8 Å². The molecule has 0 atom stereocenters. The SMILES string of the molecule is CN1CCN(CCc2ccc(C(=O)O)cn2)CC1. The Morgan fingerprint density at radius 1 is 1.33 bits per heavy atom. The summed E-state index contributed by atoms with van der Waals surface area (Å²) >= 11 is 0. The summed E-state index contributed by atoms with van der Waals surface area (Å²) in [6, 6.07) is 3.42. The van der Waals surface area contributed by atoms with E-state index >= 15 is 0 Å². The van der Waals surface area contributed by atoms with Crippen LogP contribution in [0.3, 0.4) is 0 Å². The Bertz CT molecular complexity index is 397. The van der Waals surface area contributed by atoms with Crippen LogP contribution in [0.2, 0.25) is 0 Å². The van der Waals surface area contributed by atoms with E-state index in [1.54, 1.807) is 12.1 Å². The zero-order valence-electron chi connectivity index (χ0n) is 10.7. The second-order valence-corrected chi connectivity index (χ2v) is 4.74. The molecule has 5 heteroatoms. The highest BCUT2D eigenvalue weighted by molar-refractivity contribution is 5.87. The van der Waals surface area contributed by atoms with Gasteiger partial charge < -0.3 is 14.9 Å². The molecule has 1 saturated heterocycles. The normalized spacial score (nSPS) is 17.8. The van der Waals surface area contributed by atoms with Crippen molar-refractivity contribution in [3.8, 4) is 0 Å². The fraction of sp³-hybridized carbons (Fsp3) is 0.538. The van der Waals surface area contributed by atoms with Crippen molar-refractivity contribution >= 4 is 5.97 Å². The third kappa shape index (κ3) is 3.51. The Morgan fingerprint density at radius 2 is 2.06 bits per heavy atom. The molecule has 0 radical (unpaired) electrons. The quantitative estimate of drug-likeness (QED) is 0.845. The van der Waals surface area contributed by atoms with Gasteiger partial charge in [-0.1, -0.05) is 0 Å². The predicted molar refractivity (Wildman–Crippen MR) is 68.8 cm³/mol. The minimum atomic E-state index is -0.923. The van der Waals surface area contributed by atoms with Gasteiger partial charge in [0.15, 0.2) is 0 Å². The molecule has 5 nitrogen and oxygen atoms in total. The summed E-state index contributed by atoms with van der Waals surface area (Å²) in [7, 11) is 2.14. The third-order valence-corrected chi connectivity index (χ3v) is 3.35. The van der Waals surface area contributed by atoms with Crippen molar-refractivity contribution in [2.75, 3.05) is 39.8 Å². The number of rotatable bonds is 4. The van der Waals surface area contributed by atoms with Crippen LogP contribution in [0.15, 0.2) is 18.3 Å². The monoisotopic (exact) mass is 249 g/mol. The molecule has 1 fully saturated rings. The molecule has 0 aliphatic carbocycles. The summed E-state index contributed by atoms with van der Waals surface area (Å²) in [6.07, 6.45) is 2.31. The van der Waals surface area contributed by atoms with Crippen molar-refractivity contribution in [1.82, 2.24) is 14.8 Å². The van der Waals surface area contributed by atoms with Crippen molar-refractivity contribution in [2.45, 2.75) is 6.42 Å². The summed E-state index contributed by atoms with van der Waals surface area (Å²) in [6.45, 7) is 5.43. The van der Waals surface area contributed by atoms with Gasteiger partial charge in [0, 0.05) is 51.0 Å². The molecule has 1 aliphatic heterocycles. The molecular formula is C13H19N3O2. The van der Waals surface area contributed by atoms with Crippen LogP contribution in [0.5, 0.6) is 0 Å². The Labute approximate surface area is 107 Å². The lowest BCUT2D eigenvalue weighted by Gasteiger charge is -2.32. The van der Waals surface area contributed by atoms with Crippen molar-refractivity contribution in [1.29, 1.82) is 0 Å². The number of pyridine rings is 1. The summed E-state index contributed by atoms with van der Waals surface area (Å²) in [5.41, 5.74) is 1.21. The predicted octanol–water partition coefficient (Wildman–Crippen LogP) is 0.570. The van der Waals surface area contributed by atoms with Crippen LogP contribution in [0.25, 0.3) is 0 Å². The highest BCUT2D eigenvalue weighted by Gasteiger charge is 2.13. The third-order valence-electron chi connectivity index (χ3n) is 3.35. The van der Waals surface area contributed by atoms with Gasteiger partial charge in [0.1, 0.15) is 0 Å². The van der Waals surface area contributed by atoms with Gasteiger partial charge in [0.05, 0.1) is 5.56 Å². The molecule has 98 valence electrons. The van der Waals surface area contributed by atoms with Gasteiger partial charge in [-0.3, -0.25) is 4.98 Å². The van der Waals surface area contributed by atoms with Gasteiger partial charge in [-0.2, -0.15) is 0 Å². The summed E-state index contributed by atoms with van der Waals surface area (Å²) in [4.78, 5) is 19.6. The molecule has 1 aliphatic rings. The smallest absolute Gasteiger partial charge is 0.337 e. The minimum Gasteiger partial charge on any atom is -0.478 e. The van der Waals surface area contributed by atoms with Gasteiger partial charge in [0.25, 0.3) is 0 Å². The topological polar surface area (TPSA) is 56.7 Å². The average molecular weight is 249 g/mol. The Balaban J connectivity index is 1.81. The van der Waals surface area contributed by atoms with E-state index in [-0.39, 0.29) is 5.56 Å². The molecule has 0 bridgehead atoms. The lowest BCUT2D eigenvalue weighted by molar-refractivity contribution is 0.0696. The number of likely N-dealkylation sites (N-methyl/N-ethyl adjacent to an activating group) is 1. The summed E-state index contributed by atoms with van der Waals surface area (Å²) in [5.74, 6) is -0.923. The largest absolute Gasteiger partial charge is 0.478 e. The second-order valence-electron chi connectivity index (χ2n) is 4.74. The number of aromatic nitrogens is 1. The molecule has 1 aromatic heterocycles. The van der Waals surface area contributed by atoms with Crippen molar-refractivity contribution < 1.29 is 9.90 Å². The van der Waals surface area contributed by atoms with E-state index in [0.717, 1.165) is 44.8 Å². The number of carboxylic acid groups (broad SMARTS) is 1. The zero-order chi connectivity index (χ0) is 13.0. The van der Waals surface area contributed by atoms with Crippen molar-refractivity contribution in [3.05, 3.63) is 29.6 Å². The van der Waals surface area contributed by atoms with E-state index in [1.807, 2.05) is 0 Å². The second kappa shape index (κ2) is 5.93. The van der Waals surface area contributed by atoms with E-state index in [4.69, 9.17) is 5.11 Å². The first-order chi connectivity index (χ1) is 8.65. The van der Waals surface area contributed by atoms with Crippen molar-refractivity contribution in [2.24, 2.45) is 0 Å². The molecule has 0 spiro atoms. The van der Waals surface area contributed by atoms with Gasteiger partial charge in [0.2, 0.25) is 0 Å². The van der Waals surface area contributed by atoms with Gasteiger partial charge >= 0.3 is 5.97 Å². The van der Waals surface area contributed by atoms with Crippen molar-refractivity contribution in [3.63, 3.8) is 0 Å². The average Bonchev–Trinajstić information content (AvgIpc) is 2.38. The lowest BCUT2D eigenvalue weighted by Crippen LogP contribution is -2.45. The van der Waals surface area contributed by atoms with Gasteiger partial charge in [-0.25, -0.2) is 4.79 Å². The molecular weight excluding hydrogens is 230 g/mol. The number of carboxylic acids is 1. The highest BCUT2D eigenvalue weighted by Crippen LogP contribution is 2.04. The van der Waals surface area contributed by atoms with E-state index in [0.29, 0.717) is 0 Å².